The average Bonchev–Trinajstić information content (AvgIpc) is 2.55. The van der Waals surface area contributed by atoms with E-state index in [1.165, 1.54) is 51.4 Å². The molecular formula is C21H36O2. The number of ether oxygens (including phenoxy) is 1. The Morgan fingerprint density at radius 3 is 2.26 bits per heavy atom. The average molecular weight is 321 g/mol. The monoisotopic (exact) mass is 320 g/mol. The van der Waals surface area contributed by atoms with Crippen molar-refractivity contribution in [3.05, 3.63) is 0 Å². The first-order valence-electron chi connectivity index (χ1n) is 10.4. The van der Waals surface area contributed by atoms with Crippen molar-refractivity contribution in [1.82, 2.24) is 0 Å². The zero-order chi connectivity index (χ0) is 16.2. The normalized spacial score (nSPS) is 40.1. The van der Waals surface area contributed by atoms with E-state index in [1.54, 1.807) is 0 Å². The lowest BCUT2D eigenvalue weighted by atomic mass is 9.56. The van der Waals surface area contributed by atoms with Gasteiger partial charge in [0.05, 0.1) is 0 Å². The van der Waals surface area contributed by atoms with Crippen molar-refractivity contribution in [1.29, 1.82) is 0 Å². The Bertz CT molecular complexity index is 391. The van der Waals surface area contributed by atoms with Gasteiger partial charge in [-0.1, -0.05) is 33.1 Å². The lowest BCUT2D eigenvalue weighted by Crippen LogP contribution is -2.43. The predicted molar refractivity (Wildman–Crippen MR) is 94.1 cm³/mol. The number of rotatable bonds is 5. The molecule has 3 fully saturated rings. The van der Waals surface area contributed by atoms with Gasteiger partial charge < -0.3 is 4.74 Å². The Morgan fingerprint density at radius 2 is 1.57 bits per heavy atom. The highest BCUT2D eigenvalue weighted by molar-refractivity contribution is 5.69. The van der Waals surface area contributed by atoms with Crippen molar-refractivity contribution < 1.29 is 9.53 Å². The summed E-state index contributed by atoms with van der Waals surface area (Å²) in [6.07, 6.45) is 15.4. The second-order valence-corrected chi connectivity index (χ2v) is 8.57. The summed E-state index contributed by atoms with van der Waals surface area (Å²) >= 11 is 0. The van der Waals surface area contributed by atoms with E-state index in [-0.39, 0.29) is 12.1 Å². The van der Waals surface area contributed by atoms with E-state index in [2.05, 4.69) is 6.92 Å². The largest absolute Gasteiger partial charge is 0.462 e. The fraction of sp³-hybridized carbons (Fsp3) is 0.952. The zero-order valence-corrected chi connectivity index (χ0v) is 15.3. The molecule has 4 unspecified atom stereocenters. The minimum atomic E-state index is 0.0321. The molecule has 0 amide bonds. The molecular weight excluding hydrogens is 284 g/mol. The lowest BCUT2D eigenvalue weighted by Gasteiger charge is -2.50. The van der Waals surface area contributed by atoms with Crippen LogP contribution in [0.3, 0.4) is 0 Å². The van der Waals surface area contributed by atoms with Gasteiger partial charge in [0, 0.05) is 6.42 Å². The van der Waals surface area contributed by atoms with E-state index in [0.717, 1.165) is 48.9 Å². The van der Waals surface area contributed by atoms with Crippen LogP contribution in [0.1, 0.15) is 90.9 Å². The molecule has 0 aliphatic heterocycles. The van der Waals surface area contributed by atoms with Crippen LogP contribution in [-0.4, -0.2) is 12.1 Å². The van der Waals surface area contributed by atoms with Crippen LogP contribution in [0.25, 0.3) is 0 Å². The molecule has 0 aromatic rings. The van der Waals surface area contributed by atoms with Gasteiger partial charge in [0.2, 0.25) is 0 Å². The van der Waals surface area contributed by atoms with Crippen LogP contribution >= 0.6 is 0 Å². The third-order valence-electron chi connectivity index (χ3n) is 7.05. The highest BCUT2D eigenvalue weighted by Crippen LogP contribution is 2.53. The number of carbonyl (C=O) groups excluding carboxylic acids is 1. The Morgan fingerprint density at radius 1 is 0.870 bits per heavy atom. The van der Waals surface area contributed by atoms with Gasteiger partial charge in [-0.05, 0) is 81.0 Å². The minimum absolute atomic E-state index is 0.0321. The van der Waals surface area contributed by atoms with E-state index < -0.39 is 0 Å². The van der Waals surface area contributed by atoms with Crippen LogP contribution in [0.15, 0.2) is 0 Å². The van der Waals surface area contributed by atoms with Crippen LogP contribution in [0, 0.1) is 29.6 Å². The maximum atomic E-state index is 11.8. The Balaban J connectivity index is 1.52. The third-order valence-corrected chi connectivity index (χ3v) is 7.05. The molecule has 6 atom stereocenters. The zero-order valence-electron chi connectivity index (χ0n) is 15.3. The molecule has 3 aliphatic carbocycles. The molecule has 0 saturated heterocycles. The second kappa shape index (κ2) is 8.03. The SMILES string of the molecule is CCCC(=O)O[C@@H]1CCC2C(CCC3C[C@H](CCC)CCC32)C1. The standard InChI is InChI=1S/C21H36O2/c1-3-5-15-7-11-19-16(13-15)8-9-17-14-18(10-12-20(17)19)23-21(22)6-4-2/h15-20H,3-14H2,1-2H3/t15-,16?,17?,18-,19?,20?/m1/s1. The van der Waals surface area contributed by atoms with Crippen molar-refractivity contribution in [2.24, 2.45) is 29.6 Å². The van der Waals surface area contributed by atoms with Gasteiger partial charge in [-0.3, -0.25) is 4.79 Å². The van der Waals surface area contributed by atoms with Crippen LogP contribution in [0.4, 0.5) is 0 Å². The molecule has 0 spiro atoms. The van der Waals surface area contributed by atoms with E-state index in [4.69, 9.17) is 4.74 Å². The quantitative estimate of drug-likeness (QED) is 0.604. The van der Waals surface area contributed by atoms with Crippen molar-refractivity contribution >= 4 is 5.97 Å². The molecule has 23 heavy (non-hydrogen) atoms. The first-order chi connectivity index (χ1) is 11.2. The summed E-state index contributed by atoms with van der Waals surface area (Å²) in [6.45, 7) is 4.39. The highest BCUT2D eigenvalue weighted by Gasteiger charge is 2.44. The first-order valence-corrected chi connectivity index (χ1v) is 10.4. The minimum Gasteiger partial charge on any atom is -0.462 e. The van der Waals surface area contributed by atoms with Gasteiger partial charge in [0.25, 0.3) is 0 Å². The van der Waals surface area contributed by atoms with Crippen LogP contribution in [0.2, 0.25) is 0 Å². The fourth-order valence-corrected chi connectivity index (χ4v) is 6.07. The predicted octanol–water partition coefficient (Wildman–Crippen LogP) is 5.74. The summed E-state index contributed by atoms with van der Waals surface area (Å²) in [5.74, 6) is 4.84. The molecule has 0 radical (unpaired) electrons. The van der Waals surface area contributed by atoms with Gasteiger partial charge in [0.1, 0.15) is 6.10 Å². The smallest absolute Gasteiger partial charge is 0.306 e. The first kappa shape index (κ1) is 17.3. The fourth-order valence-electron chi connectivity index (χ4n) is 6.07. The van der Waals surface area contributed by atoms with Crippen LogP contribution < -0.4 is 0 Å². The van der Waals surface area contributed by atoms with Gasteiger partial charge in [-0.15, -0.1) is 0 Å². The Kier molecular flexibility index (Phi) is 6.04. The van der Waals surface area contributed by atoms with Gasteiger partial charge in [0.15, 0.2) is 0 Å². The number of carbonyl (C=O) groups is 1. The summed E-state index contributed by atoms with van der Waals surface area (Å²) in [4.78, 5) is 11.8. The van der Waals surface area contributed by atoms with E-state index in [1.807, 2.05) is 6.92 Å². The molecule has 3 rings (SSSR count). The molecule has 132 valence electrons. The van der Waals surface area contributed by atoms with Gasteiger partial charge in [-0.25, -0.2) is 0 Å². The molecule has 3 aliphatic rings. The van der Waals surface area contributed by atoms with Gasteiger partial charge in [-0.2, -0.15) is 0 Å². The summed E-state index contributed by atoms with van der Waals surface area (Å²) in [6, 6.07) is 0. The van der Waals surface area contributed by atoms with Crippen molar-refractivity contribution in [2.45, 2.75) is 97.0 Å². The van der Waals surface area contributed by atoms with E-state index >= 15 is 0 Å². The van der Waals surface area contributed by atoms with Crippen molar-refractivity contribution in [3.63, 3.8) is 0 Å². The molecule has 0 bridgehead atoms. The van der Waals surface area contributed by atoms with Crippen LogP contribution in [0.5, 0.6) is 0 Å². The number of hydrogen-bond donors (Lipinski definition) is 0. The number of hydrogen-bond acceptors (Lipinski definition) is 2. The molecule has 2 nitrogen and oxygen atoms in total. The number of esters is 1. The Labute approximate surface area is 142 Å². The number of fused-ring (bicyclic) bond motifs is 3. The second-order valence-electron chi connectivity index (χ2n) is 8.57. The Hall–Kier alpha value is -0.530. The molecule has 0 N–H and O–H groups in total. The molecule has 0 heterocycles. The summed E-state index contributed by atoms with van der Waals surface area (Å²) in [5.41, 5.74) is 0. The molecule has 3 saturated carbocycles. The van der Waals surface area contributed by atoms with Crippen molar-refractivity contribution in [2.75, 3.05) is 0 Å². The third kappa shape index (κ3) is 4.12. The topological polar surface area (TPSA) is 26.3 Å². The van der Waals surface area contributed by atoms with E-state index in [9.17, 15) is 4.79 Å². The summed E-state index contributed by atoms with van der Waals surface area (Å²) in [7, 11) is 0. The molecule has 0 aromatic carbocycles. The highest BCUT2D eigenvalue weighted by atomic mass is 16.5. The summed E-state index contributed by atoms with van der Waals surface area (Å²) < 4.78 is 5.73. The maximum Gasteiger partial charge on any atom is 0.306 e. The maximum absolute atomic E-state index is 11.8. The molecule has 2 heteroatoms. The van der Waals surface area contributed by atoms with Gasteiger partial charge >= 0.3 is 5.97 Å². The van der Waals surface area contributed by atoms with Crippen molar-refractivity contribution in [3.8, 4) is 0 Å². The summed E-state index contributed by atoms with van der Waals surface area (Å²) in [5, 5.41) is 0. The van der Waals surface area contributed by atoms with Crippen LogP contribution in [-0.2, 0) is 9.53 Å². The lowest BCUT2D eigenvalue weighted by molar-refractivity contribution is -0.153. The molecule has 0 aromatic heterocycles. The van der Waals surface area contributed by atoms with E-state index in [0.29, 0.717) is 6.42 Å².